The second-order valence-corrected chi connectivity index (χ2v) is 22.9. The normalized spacial score (nSPS) is 21.1. The van der Waals surface area contributed by atoms with Crippen LogP contribution in [-0.4, -0.2) is 90.0 Å². The van der Waals surface area contributed by atoms with E-state index in [0.29, 0.717) is 22.3 Å². The summed E-state index contributed by atoms with van der Waals surface area (Å²) in [4.78, 5) is 40.0. The van der Waals surface area contributed by atoms with Crippen LogP contribution in [0.1, 0.15) is 68.0 Å². The predicted octanol–water partition coefficient (Wildman–Crippen LogP) is 7.50. The van der Waals surface area contributed by atoms with Gasteiger partial charge in [0.1, 0.15) is 24.6 Å². The molecule has 0 spiro atoms. The van der Waals surface area contributed by atoms with Crippen molar-refractivity contribution in [3.05, 3.63) is 145 Å². The summed E-state index contributed by atoms with van der Waals surface area (Å²) in [6, 6.07) is 37.8. The fourth-order valence-corrected chi connectivity index (χ4v) is 15.1. The van der Waals surface area contributed by atoms with Crippen LogP contribution in [0.3, 0.4) is 0 Å². The summed E-state index contributed by atoms with van der Waals surface area (Å²) in [5.41, 5.74) is -0.641. The van der Waals surface area contributed by atoms with Crippen molar-refractivity contribution in [2.45, 2.75) is 76.1 Å². The van der Waals surface area contributed by atoms with Gasteiger partial charge in [0.2, 0.25) is 0 Å². The summed E-state index contributed by atoms with van der Waals surface area (Å²) in [6.07, 6.45) is -1.11. The van der Waals surface area contributed by atoms with Crippen LogP contribution in [0.2, 0.25) is 5.04 Å². The van der Waals surface area contributed by atoms with Gasteiger partial charge in [-0.05, 0) is 53.5 Å². The zero-order chi connectivity index (χ0) is 45.0. The maximum Gasteiger partial charge on any atom is 0.389 e. The first-order valence-corrected chi connectivity index (χ1v) is 24.8. The van der Waals surface area contributed by atoms with E-state index in [-0.39, 0.29) is 49.6 Å². The molecule has 2 fully saturated rings. The summed E-state index contributed by atoms with van der Waals surface area (Å²) in [5.74, 6) is -0.760. The van der Waals surface area contributed by atoms with Crippen LogP contribution in [0.4, 0.5) is 5.82 Å². The molecule has 2 aromatic heterocycles. The summed E-state index contributed by atoms with van der Waals surface area (Å²) >= 11 is 0. The van der Waals surface area contributed by atoms with Crippen molar-refractivity contribution in [1.82, 2.24) is 19.5 Å². The van der Waals surface area contributed by atoms with Crippen molar-refractivity contribution in [3.8, 4) is 0 Å². The quantitative estimate of drug-likeness (QED) is 0.0543. The van der Waals surface area contributed by atoms with Gasteiger partial charge in [0, 0.05) is 12.0 Å². The molecular weight excluding hydrogens is 854 g/mol. The first-order valence-electron chi connectivity index (χ1n) is 21.3. The first kappa shape index (κ1) is 45.2. The van der Waals surface area contributed by atoms with Gasteiger partial charge in [-0.25, -0.2) is 19.7 Å². The summed E-state index contributed by atoms with van der Waals surface area (Å²) in [7, 11) is -7.44. The molecule has 334 valence electrons. The molecule has 6 aromatic rings. The van der Waals surface area contributed by atoms with Crippen LogP contribution >= 0.6 is 7.60 Å². The number of imidazole rings is 1. The van der Waals surface area contributed by atoms with Gasteiger partial charge in [-0.15, -0.1) is 0 Å². The minimum absolute atomic E-state index is 0.00572. The lowest BCUT2D eigenvalue weighted by molar-refractivity contribution is -0.190. The SMILES string of the molecule is CCOP(=O)(OCC)[C@]1(CCOC(=O)c2ccccc2)O[C@@H]2[C@H](O1)[C@@H](CO[Si](c1ccccc1)(c1ccccc1)C(C)(C)C)O[C@H]2n1cnc2c(NC(=O)c3ccccc3)ncnc21. The second-order valence-electron chi connectivity index (χ2n) is 16.4. The topological polar surface area (TPSA) is 171 Å². The predicted molar refractivity (Wildman–Crippen MR) is 242 cm³/mol. The van der Waals surface area contributed by atoms with Crippen LogP contribution in [0.15, 0.2) is 134 Å². The zero-order valence-electron chi connectivity index (χ0n) is 36.4. The Hall–Kier alpha value is -5.42. The Kier molecular flexibility index (Phi) is 13.4. The summed E-state index contributed by atoms with van der Waals surface area (Å²) in [5, 5.41) is 4.62. The van der Waals surface area contributed by atoms with Gasteiger partial charge in [0.15, 0.2) is 23.2 Å². The third-order valence-electron chi connectivity index (χ3n) is 11.4. The van der Waals surface area contributed by atoms with E-state index in [9.17, 15) is 9.59 Å². The van der Waals surface area contributed by atoms with Crippen LogP contribution in [0.5, 0.6) is 0 Å². The van der Waals surface area contributed by atoms with Crippen molar-refractivity contribution < 1.29 is 46.6 Å². The maximum absolute atomic E-state index is 15.1. The first-order chi connectivity index (χ1) is 30.9. The molecule has 15 nitrogen and oxygen atoms in total. The number of amides is 1. The minimum atomic E-state index is -4.31. The highest BCUT2D eigenvalue weighted by atomic mass is 31.2. The third kappa shape index (κ3) is 8.60. The number of ether oxygens (including phenoxy) is 4. The number of carbonyl (C=O) groups excluding carboxylic acids is 2. The fraction of sp³-hybridized carbons (Fsp3) is 0.340. The minimum Gasteiger partial charge on any atom is -0.462 e. The second kappa shape index (κ2) is 19.0. The van der Waals surface area contributed by atoms with Crippen molar-refractivity contribution >= 4 is 55.1 Å². The molecule has 5 atom stereocenters. The Bertz CT molecular complexity index is 2540. The molecule has 1 N–H and O–H groups in total. The Morgan fingerprint density at radius 1 is 0.781 bits per heavy atom. The molecule has 64 heavy (non-hydrogen) atoms. The van der Waals surface area contributed by atoms with Gasteiger partial charge < -0.3 is 37.7 Å². The number of carbonyl (C=O) groups is 2. The molecule has 4 heterocycles. The van der Waals surface area contributed by atoms with Gasteiger partial charge in [0.05, 0.1) is 38.3 Å². The lowest BCUT2D eigenvalue weighted by Crippen LogP contribution is -2.67. The zero-order valence-corrected chi connectivity index (χ0v) is 38.3. The smallest absolute Gasteiger partial charge is 0.389 e. The Morgan fingerprint density at radius 2 is 1.34 bits per heavy atom. The molecule has 2 saturated heterocycles. The molecule has 0 unspecified atom stereocenters. The number of nitrogens with zero attached hydrogens (tertiary/aromatic N) is 4. The van der Waals surface area contributed by atoms with E-state index < -0.39 is 52.0 Å². The number of aromatic nitrogens is 4. The highest BCUT2D eigenvalue weighted by molar-refractivity contribution is 7.55. The van der Waals surface area contributed by atoms with Gasteiger partial charge in [0.25, 0.3) is 19.8 Å². The Morgan fingerprint density at radius 3 is 1.92 bits per heavy atom. The number of hydrogen-bond donors (Lipinski definition) is 1. The number of fused-ring (bicyclic) bond motifs is 2. The molecule has 1 amide bonds. The van der Waals surface area contributed by atoms with Crippen LogP contribution in [0.25, 0.3) is 11.2 Å². The van der Waals surface area contributed by atoms with Crippen molar-refractivity contribution in [2.24, 2.45) is 0 Å². The van der Waals surface area contributed by atoms with Gasteiger partial charge in [-0.2, -0.15) is 0 Å². The number of anilines is 1. The molecule has 2 aliphatic rings. The summed E-state index contributed by atoms with van der Waals surface area (Å²) in [6.45, 7) is 9.73. The van der Waals surface area contributed by atoms with E-state index >= 15 is 4.57 Å². The Balaban J connectivity index is 1.19. The summed E-state index contributed by atoms with van der Waals surface area (Å²) < 4.78 is 62.6. The van der Waals surface area contributed by atoms with E-state index in [1.54, 1.807) is 73.0 Å². The number of rotatable bonds is 17. The Labute approximate surface area is 373 Å². The van der Waals surface area contributed by atoms with Gasteiger partial charge >= 0.3 is 13.6 Å². The average Bonchev–Trinajstić information content (AvgIpc) is 4.01. The highest BCUT2D eigenvalue weighted by Gasteiger charge is 2.67. The van der Waals surface area contributed by atoms with Gasteiger partial charge in [-0.1, -0.05) is 118 Å². The maximum atomic E-state index is 15.1. The standard InChI is InChI=1S/C47H52N5O10PSi/c1-6-57-63(55,58-7-2)47(28-29-56-45(54)34-22-14-9-15-23-34)61-39-37(30-59-64(46(3,4)5,35-24-16-10-17-25-35)36-26-18-11-19-27-36)60-44(40(39)62-47)52-32-50-38-41(48-31-49-42(38)52)51-43(53)33-20-12-8-13-21-33/h8-27,31-32,37,39-40,44H,6-7,28-30H2,1-5H3,(H,48,49,51,53)/t37-,39-,40-,44-,47+/m1/s1. The number of hydrogen-bond acceptors (Lipinski definition) is 13. The van der Waals surface area contributed by atoms with Crippen molar-refractivity contribution in [3.63, 3.8) is 0 Å². The average molecular weight is 906 g/mol. The van der Waals surface area contributed by atoms with E-state index in [1.807, 2.05) is 42.5 Å². The van der Waals surface area contributed by atoms with Crippen LogP contribution in [-0.2, 0) is 37.0 Å². The fourth-order valence-electron chi connectivity index (χ4n) is 8.54. The highest BCUT2D eigenvalue weighted by Crippen LogP contribution is 2.67. The molecule has 8 rings (SSSR count). The number of benzene rings is 4. The molecule has 0 bridgehead atoms. The third-order valence-corrected chi connectivity index (χ3v) is 18.9. The largest absolute Gasteiger partial charge is 0.462 e. The number of esters is 1. The molecule has 0 saturated carbocycles. The number of nitrogens with one attached hydrogen (secondary N) is 1. The molecule has 2 aliphatic heterocycles. The van der Waals surface area contributed by atoms with Crippen molar-refractivity contribution in [2.75, 3.05) is 31.7 Å². The lowest BCUT2D eigenvalue weighted by atomic mass is 10.1. The molecule has 0 aliphatic carbocycles. The molecule has 17 heteroatoms. The van der Waals surface area contributed by atoms with E-state index in [1.165, 1.54) is 12.7 Å². The van der Waals surface area contributed by atoms with E-state index in [2.05, 4.69) is 65.3 Å². The van der Waals surface area contributed by atoms with Crippen LogP contribution in [0, 0.1) is 0 Å². The monoisotopic (exact) mass is 905 g/mol. The van der Waals surface area contributed by atoms with Crippen molar-refractivity contribution in [1.29, 1.82) is 0 Å². The lowest BCUT2D eigenvalue weighted by Gasteiger charge is -2.43. The molecular formula is C47H52N5O10PSi. The van der Waals surface area contributed by atoms with E-state index in [4.69, 9.17) is 32.4 Å². The van der Waals surface area contributed by atoms with Gasteiger partial charge in [-0.3, -0.25) is 13.9 Å². The molecule has 0 radical (unpaired) electrons. The van der Waals surface area contributed by atoms with E-state index in [0.717, 1.165) is 10.4 Å². The molecule has 4 aromatic carbocycles. The van der Waals surface area contributed by atoms with Crippen LogP contribution < -0.4 is 15.7 Å².